The third kappa shape index (κ3) is 3.82. The molecule has 0 aliphatic carbocycles. The summed E-state index contributed by atoms with van der Waals surface area (Å²) in [5.74, 6) is -0.410. The molecule has 0 spiro atoms. The summed E-state index contributed by atoms with van der Waals surface area (Å²) in [6.07, 6.45) is 0. The molecule has 0 bridgehead atoms. The Morgan fingerprint density at radius 1 is 0.833 bits per heavy atom. The Hall–Kier alpha value is -3.86. The van der Waals surface area contributed by atoms with Gasteiger partial charge in [0.05, 0.1) is 17.3 Å². The number of nitrogens with one attached hydrogen (secondary N) is 2. The van der Waals surface area contributed by atoms with Crippen LogP contribution in [0.15, 0.2) is 83.3 Å². The topological polar surface area (TPSA) is 71.3 Å². The molecule has 0 aliphatic heterocycles. The van der Waals surface area contributed by atoms with Gasteiger partial charge in [-0.1, -0.05) is 60.7 Å². The van der Waals surface area contributed by atoms with Crippen molar-refractivity contribution < 1.29 is 14.0 Å². The summed E-state index contributed by atoms with van der Waals surface area (Å²) >= 11 is 0. The van der Waals surface area contributed by atoms with Crippen LogP contribution in [0.4, 0.5) is 5.69 Å². The lowest BCUT2D eigenvalue weighted by atomic mass is 10.1. The average Bonchev–Trinajstić information content (AvgIpc) is 3.11. The summed E-state index contributed by atoms with van der Waals surface area (Å²) in [5, 5.41) is 6.71. The molecule has 0 saturated carbocycles. The molecule has 2 amide bonds. The number of para-hydroxylation sites is 2. The largest absolute Gasteiger partial charge is 0.451 e. The standard InChI is InChI=1S/C25H22N2O3/c1-16-19-12-7-9-15-22(19)30-23(16)25(29)27-21-14-8-6-13-20(21)24(28)26-17(2)18-10-4-3-5-11-18/h3-15,17H,1-2H3,(H,26,28)(H,27,29)/t17-/m0/s1. The third-order valence-corrected chi connectivity index (χ3v) is 5.12. The van der Waals surface area contributed by atoms with Crippen LogP contribution in [0.25, 0.3) is 11.0 Å². The van der Waals surface area contributed by atoms with Crippen LogP contribution in [0.1, 0.15) is 45.0 Å². The Morgan fingerprint density at radius 3 is 2.27 bits per heavy atom. The molecule has 0 radical (unpaired) electrons. The molecular weight excluding hydrogens is 376 g/mol. The summed E-state index contributed by atoms with van der Waals surface area (Å²) < 4.78 is 5.74. The molecule has 1 heterocycles. The number of carbonyl (C=O) groups is 2. The van der Waals surface area contributed by atoms with E-state index in [4.69, 9.17) is 4.42 Å². The van der Waals surface area contributed by atoms with Crippen LogP contribution < -0.4 is 10.6 Å². The predicted octanol–water partition coefficient (Wildman–Crippen LogP) is 5.48. The normalized spacial score (nSPS) is 11.8. The molecule has 3 aromatic carbocycles. The number of amides is 2. The third-order valence-electron chi connectivity index (χ3n) is 5.12. The predicted molar refractivity (Wildman–Crippen MR) is 118 cm³/mol. The van der Waals surface area contributed by atoms with Crippen LogP contribution in [-0.2, 0) is 0 Å². The van der Waals surface area contributed by atoms with E-state index >= 15 is 0 Å². The van der Waals surface area contributed by atoms with E-state index in [9.17, 15) is 9.59 Å². The number of benzene rings is 3. The smallest absolute Gasteiger partial charge is 0.291 e. The van der Waals surface area contributed by atoms with Gasteiger partial charge in [0.15, 0.2) is 5.76 Å². The van der Waals surface area contributed by atoms with E-state index in [-0.39, 0.29) is 23.6 Å². The number of carbonyl (C=O) groups excluding carboxylic acids is 2. The van der Waals surface area contributed by atoms with Crippen molar-refractivity contribution in [3.05, 3.63) is 101 Å². The highest BCUT2D eigenvalue weighted by molar-refractivity contribution is 6.10. The molecular formula is C25H22N2O3. The second-order valence-electron chi connectivity index (χ2n) is 7.16. The first-order valence-corrected chi connectivity index (χ1v) is 9.79. The molecule has 5 nitrogen and oxygen atoms in total. The molecule has 0 aliphatic rings. The van der Waals surface area contributed by atoms with Crippen LogP contribution in [0.5, 0.6) is 0 Å². The molecule has 1 aromatic heterocycles. The zero-order chi connectivity index (χ0) is 21.1. The lowest BCUT2D eigenvalue weighted by molar-refractivity contribution is 0.0940. The molecule has 2 N–H and O–H groups in total. The van der Waals surface area contributed by atoms with Gasteiger partial charge in [0.25, 0.3) is 11.8 Å². The van der Waals surface area contributed by atoms with Crippen molar-refractivity contribution >= 4 is 28.5 Å². The van der Waals surface area contributed by atoms with Crippen LogP contribution in [0, 0.1) is 6.92 Å². The molecule has 5 heteroatoms. The summed E-state index contributed by atoms with van der Waals surface area (Å²) in [6, 6.07) is 24.0. The van der Waals surface area contributed by atoms with Crippen LogP contribution in [0.3, 0.4) is 0 Å². The molecule has 150 valence electrons. The van der Waals surface area contributed by atoms with E-state index in [0.717, 1.165) is 16.5 Å². The maximum Gasteiger partial charge on any atom is 0.291 e. The van der Waals surface area contributed by atoms with Crippen molar-refractivity contribution in [2.24, 2.45) is 0 Å². The number of rotatable bonds is 5. The van der Waals surface area contributed by atoms with Gasteiger partial charge < -0.3 is 15.1 Å². The highest BCUT2D eigenvalue weighted by atomic mass is 16.3. The average molecular weight is 398 g/mol. The van der Waals surface area contributed by atoms with Crippen molar-refractivity contribution in [1.29, 1.82) is 0 Å². The Morgan fingerprint density at radius 2 is 1.50 bits per heavy atom. The number of hydrogen-bond donors (Lipinski definition) is 2. The van der Waals surface area contributed by atoms with E-state index < -0.39 is 0 Å². The summed E-state index contributed by atoms with van der Waals surface area (Å²) in [4.78, 5) is 25.8. The summed E-state index contributed by atoms with van der Waals surface area (Å²) in [6.45, 7) is 3.77. The highest BCUT2D eigenvalue weighted by Gasteiger charge is 2.20. The Kier molecular flexibility index (Phi) is 5.35. The van der Waals surface area contributed by atoms with E-state index in [1.165, 1.54) is 0 Å². The SMILES string of the molecule is Cc1c(C(=O)Nc2ccccc2C(=O)N[C@@H](C)c2ccccc2)oc2ccccc12. The lowest BCUT2D eigenvalue weighted by Gasteiger charge is -2.16. The number of fused-ring (bicyclic) bond motifs is 1. The Bertz CT molecular complexity index is 1210. The van der Waals surface area contributed by atoms with Gasteiger partial charge in [-0.15, -0.1) is 0 Å². The van der Waals surface area contributed by atoms with Gasteiger partial charge in [-0.05, 0) is 37.6 Å². The molecule has 0 saturated heterocycles. The van der Waals surface area contributed by atoms with Crippen molar-refractivity contribution in [3.8, 4) is 0 Å². The van der Waals surface area contributed by atoms with Gasteiger partial charge in [0.1, 0.15) is 5.58 Å². The molecule has 4 aromatic rings. The number of hydrogen-bond acceptors (Lipinski definition) is 3. The highest BCUT2D eigenvalue weighted by Crippen LogP contribution is 2.26. The Balaban J connectivity index is 1.56. The van der Waals surface area contributed by atoms with Crippen LogP contribution in [0.2, 0.25) is 0 Å². The summed E-state index contributed by atoms with van der Waals surface area (Å²) in [5.41, 5.74) is 3.25. The first kappa shape index (κ1) is 19.5. The maximum absolute atomic E-state index is 12.9. The second-order valence-corrected chi connectivity index (χ2v) is 7.16. The van der Waals surface area contributed by atoms with E-state index in [2.05, 4.69) is 10.6 Å². The van der Waals surface area contributed by atoms with Crippen LogP contribution in [-0.4, -0.2) is 11.8 Å². The number of anilines is 1. The lowest BCUT2D eigenvalue weighted by Crippen LogP contribution is -2.28. The quantitative estimate of drug-likeness (QED) is 0.467. The number of furan rings is 1. The monoisotopic (exact) mass is 398 g/mol. The van der Waals surface area contributed by atoms with Gasteiger partial charge in [0, 0.05) is 10.9 Å². The zero-order valence-corrected chi connectivity index (χ0v) is 16.8. The van der Waals surface area contributed by atoms with Gasteiger partial charge in [-0.2, -0.15) is 0 Å². The first-order chi connectivity index (χ1) is 14.5. The Labute approximate surface area is 174 Å². The molecule has 0 fully saturated rings. The summed E-state index contributed by atoms with van der Waals surface area (Å²) in [7, 11) is 0. The number of aryl methyl sites for hydroxylation is 1. The molecule has 1 atom stereocenters. The van der Waals surface area contributed by atoms with E-state index in [0.29, 0.717) is 16.8 Å². The fraction of sp³-hybridized carbons (Fsp3) is 0.120. The van der Waals surface area contributed by atoms with Crippen molar-refractivity contribution in [2.45, 2.75) is 19.9 Å². The minimum Gasteiger partial charge on any atom is -0.451 e. The van der Waals surface area contributed by atoms with Crippen molar-refractivity contribution in [3.63, 3.8) is 0 Å². The fourth-order valence-electron chi connectivity index (χ4n) is 3.46. The van der Waals surface area contributed by atoms with E-state index in [1.807, 2.05) is 68.4 Å². The zero-order valence-electron chi connectivity index (χ0n) is 16.8. The maximum atomic E-state index is 12.9. The van der Waals surface area contributed by atoms with Gasteiger partial charge in [-0.25, -0.2) is 0 Å². The van der Waals surface area contributed by atoms with Crippen molar-refractivity contribution in [1.82, 2.24) is 5.32 Å². The molecule has 4 rings (SSSR count). The van der Waals surface area contributed by atoms with Gasteiger partial charge >= 0.3 is 0 Å². The fourth-order valence-corrected chi connectivity index (χ4v) is 3.46. The van der Waals surface area contributed by atoms with Crippen molar-refractivity contribution in [2.75, 3.05) is 5.32 Å². The van der Waals surface area contributed by atoms with Gasteiger partial charge in [0.2, 0.25) is 0 Å². The van der Waals surface area contributed by atoms with E-state index in [1.54, 1.807) is 24.3 Å². The minimum atomic E-state index is -0.389. The molecule has 0 unspecified atom stereocenters. The van der Waals surface area contributed by atoms with Gasteiger partial charge in [-0.3, -0.25) is 9.59 Å². The van der Waals surface area contributed by atoms with Crippen LogP contribution >= 0.6 is 0 Å². The molecule has 30 heavy (non-hydrogen) atoms. The second kappa shape index (κ2) is 8.25. The first-order valence-electron chi connectivity index (χ1n) is 9.79. The minimum absolute atomic E-state index is 0.167.